The van der Waals surface area contributed by atoms with Gasteiger partial charge in [0.2, 0.25) is 0 Å². The summed E-state index contributed by atoms with van der Waals surface area (Å²) in [4.78, 5) is 0. The van der Waals surface area contributed by atoms with Gasteiger partial charge in [-0.25, -0.2) is 0 Å². The lowest BCUT2D eigenvalue weighted by atomic mass is 10.1. The van der Waals surface area contributed by atoms with E-state index < -0.39 is 10.2 Å². The van der Waals surface area contributed by atoms with Gasteiger partial charge < -0.3 is 5.32 Å². The molecule has 0 spiro atoms. The molecule has 5 nitrogen and oxygen atoms in total. The molecule has 6 heteroatoms. The Morgan fingerprint density at radius 3 is 2.58 bits per heavy atom. The summed E-state index contributed by atoms with van der Waals surface area (Å²) in [7, 11) is -0.236. The minimum absolute atomic E-state index is 0.143. The molecule has 0 amide bonds. The topological polar surface area (TPSA) is 52.7 Å². The monoisotopic (exact) mass is 283 g/mol. The normalized spacial score (nSPS) is 22.4. The molecule has 0 bridgehead atoms. The maximum absolute atomic E-state index is 12.4. The summed E-state index contributed by atoms with van der Waals surface area (Å²) in [5, 5.41) is 3.31. The SMILES string of the molecule is CN(C)S(=O)(=O)N1CCCNCC1c1ccccc1. The van der Waals surface area contributed by atoms with Crippen molar-refractivity contribution < 1.29 is 8.42 Å². The van der Waals surface area contributed by atoms with Crippen LogP contribution in [0, 0.1) is 0 Å². The first-order chi connectivity index (χ1) is 9.03. The second-order valence-electron chi connectivity index (χ2n) is 4.89. The molecule has 106 valence electrons. The summed E-state index contributed by atoms with van der Waals surface area (Å²) >= 11 is 0. The van der Waals surface area contributed by atoms with Crippen molar-refractivity contribution in [1.29, 1.82) is 0 Å². The van der Waals surface area contributed by atoms with Crippen LogP contribution >= 0.6 is 0 Å². The van der Waals surface area contributed by atoms with Crippen molar-refractivity contribution in [3.05, 3.63) is 35.9 Å². The Balaban J connectivity index is 2.37. The molecule has 1 aliphatic rings. The molecule has 1 aromatic carbocycles. The molecule has 0 aromatic heterocycles. The van der Waals surface area contributed by atoms with Gasteiger partial charge in [0.15, 0.2) is 0 Å². The highest BCUT2D eigenvalue weighted by Crippen LogP contribution is 2.25. The molecule has 19 heavy (non-hydrogen) atoms. The van der Waals surface area contributed by atoms with Crippen molar-refractivity contribution in [1.82, 2.24) is 13.9 Å². The van der Waals surface area contributed by atoms with Crippen molar-refractivity contribution in [2.75, 3.05) is 33.7 Å². The molecule has 1 fully saturated rings. The van der Waals surface area contributed by atoms with Gasteiger partial charge in [-0.2, -0.15) is 17.0 Å². The van der Waals surface area contributed by atoms with Crippen LogP contribution in [0.15, 0.2) is 30.3 Å². The van der Waals surface area contributed by atoms with Crippen LogP contribution in [0.4, 0.5) is 0 Å². The average molecular weight is 283 g/mol. The molecular formula is C13H21N3O2S. The van der Waals surface area contributed by atoms with Gasteiger partial charge in [0.1, 0.15) is 0 Å². The van der Waals surface area contributed by atoms with Crippen LogP contribution < -0.4 is 5.32 Å². The van der Waals surface area contributed by atoms with Crippen molar-refractivity contribution >= 4 is 10.2 Å². The molecule has 1 atom stereocenters. The maximum Gasteiger partial charge on any atom is 0.282 e. The third-order valence-electron chi connectivity index (χ3n) is 3.36. The predicted molar refractivity (Wildman–Crippen MR) is 76.0 cm³/mol. The lowest BCUT2D eigenvalue weighted by Crippen LogP contribution is -2.43. The number of hydrogen-bond acceptors (Lipinski definition) is 3. The van der Waals surface area contributed by atoms with Crippen LogP contribution in [0.5, 0.6) is 0 Å². The van der Waals surface area contributed by atoms with E-state index in [9.17, 15) is 8.42 Å². The molecule has 0 aliphatic carbocycles. The van der Waals surface area contributed by atoms with Crippen LogP contribution in [0.25, 0.3) is 0 Å². The van der Waals surface area contributed by atoms with Gasteiger partial charge >= 0.3 is 0 Å². The van der Waals surface area contributed by atoms with E-state index >= 15 is 0 Å². The van der Waals surface area contributed by atoms with Crippen LogP contribution in [0.2, 0.25) is 0 Å². The summed E-state index contributed by atoms with van der Waals surface area (Å²) in [6.45, 7) is 2.05. The molecule has 1 heterocycles. The van der Waals surface area contributed by atoms with Gasteiger partial charge in [0.05, 0.1) is 6.04 Å². The molecular weight excluding hydrogens is 262 g/mol. The third kappa shape index (κ3) is 3.14. The molecule has 1 aromatic rings. The zero-order valence-electron chi connectivity index (χ0n) is 11.4. The Kier molecular flexibility index (Phi) is 4.57. The second-order valence-corrected chi connectivity index (χ2v) is 6.98. The second kappa shape index (κ2) is 6.00. The molecule has 1 aliphatic heterocycles. The van der Waals surface area contributed by atoms with Gasteiger partial charge in [-0.15, -0.1) is 0 Å². The highest BCUT2D eigenvalue weighted by Gasteiger charge is 2.33. The summed E-state index contributed by atoms with van der Waals surface area (Å²) in [5.41, 5.74) is 1.03. The first-order valence-electron chi connectivity index (χ1n) is 6.48. The molecule has 1 N–H and O–H groups in total. The fourth-order valence-electron chi connectivity index (χ4n) is 2.30. The fraction of sp³-hybridized carbons (Fsp3) is 0.538. The Bertz CT molecular complexity index is 502. The highest BCUT2D eigenvalue weighted by molar-refractivity contribution is 7.86. The molecule has 1 unspecified atom stereocenters. The Hall–Kier alpha value is -0.950. The van der Waals surface area contributed by atoms with Crippen LogP contribution in [0.1, 0.15) is 18.0 Å². The number of nitrogens with one attached hydrogen (secondary N) is 1. The maximum atomic E-state index is 12.4. The van der Waals surface area contributed by atoms with Crippen molar-refractivity contribution in [2.45, 2.75) is 12.5 Å². The van der Waals surface area contributed by atoms with E-state index in [0.717, 1.165) is 18.5 Å². The summed E-state index contributed by atoms with van der Waals surface area (Å²) in [6.07, 6.45) is 0.830. The number of hydrogen-bond donors (Lipinski definition) is 1. The standard InChI is InChI=1S/C13H21N3O2S/c1-15(2)19(17,18)16-10-6-9-14-11-13(16)12-7-4-3-5-8-12/h3-5,7-8,13-14H,6,9-11H2,1-2H3. The van der Waals surface area contributed by atoms with E-state index in [0.29, 0.717) is 13.1 Å². The quantitative estimate of drug-likeness (QED) is 0.894. The average Bonchev–Trinajstić information content (AvgIpc) is 2.65. The van der Waals surface area contributed by atoms with Gasteiger partial charge in [0, 0.05) is 27.2 Å². The zero-order chi connectivity index (χ0) is 13.9. The molecule has 0 radical (unpaired) electrons. The van der Waals surface area contributed by atoms with Crippen LogP contribution in [0.3, 0.4) is 0 Å². The minimum atomic E-state index is -3.39. The van der Waals surface area contributed by atoms with E-state index in [2.05, 4.69) is 5.32 Å². The lowest BCUT2D eigenvalue weighted by molar-refractivity contribution is 0.317. The van der Waals surface area contributed by atoms with Crippen LogP contribution in [-0.4, -0.2) is 50.8 Å². The molecule has 2 rings (SSSR count). The first kappa shape index (κ1) is 14.5. The van der Waals surface area contributed by atoms with Crippen molar-refractivity contribution in [3.8, 4) is 0 Å². The third-order valence-corrected chi connectivity index (χ3v) is 5.31. The first-order valence-corrected chi connectivity index (χ1v) is 7.88. The molecule has 0 saturated carbocycles. The van der Waals surface area contributed by atoms with Gasteiger partial charge in [-0.1, -0.05) is 30.3 Å². The van der Waals surface area contributed by atoms with E-state index in [1.54, 1.807) is 18.4 Å². The predicted octanol–water partition coefficient (Wildman–Crippen LogP) is 0.829. The van der Waals surface area contributed by atoms with E-state index in [1.165, 1.54) is 4.31 Å². The van der Waals surface area contributed by atoms with E-state index in [1.807, 2.05) is 30.3 Å². The van der Waals surface area contributed by atoms with Crippen molar-refractivity contribution in [2.24, 2.45) is 0 Å². The van der Waals surface area contributed by atoms with Crippen LogP contribution in [-0.2, 0) is 10.2 Å². The number of rotatable bonds is 3. The Morgan fingerprint density at radius 1 is 1.26 bits per heavy atom. The van der Waals surface area contributed by atoms with E-state index in [-0.39, 0.29) is 6.04 Å². The van der Waals surface area contributed by atoms with E-state index in [4.69, 9.17) is 0 Å². The fourth-order valence-corrected chi connectivity index (χ4v) is 3.60. The number of nitrogens with zero attached hydrogens (tertiary/aromatic N) is 2. The number of benzene rings is 1. The Morgan fingerprint density at radius 2 is 1.95 bits per heavy atom. The largest absolute Gasteiger partial charge is 0.315 e. The minimum Gasteiger partial charge on any atom is -0.315 e. The highest BCUT2D eigenvalue weighted by atomic mass is 32.2. The zero-order valence-corrected chi connectivity index (χ0v) is 12.2. The van der Waals surface area contributed by atoms with Gasteiger partial charge in [0.25, 0.3) is 10.2 Å². The summed E-state index contributed by atoms with van der Waals surface area (Å²) in [5.74, 6) is 0. The van der Waals surface area contributed by atoms with Gasteiger partial charge in [-0.05, 0) is 18.5 Å². The van der Waals surface area contributed by atoms with Crippen molar-refractivity contribution in [3.63, 3.8) is 0 Å². The molecule has 1 saturated heterocycles. The summed E-state index contributed by atoms with van der Waals surface area (Å²) < 4.78 is 27.8. The van der Waals surface area contributed by atoms with Gasteiger partial charge in [-0.3, -0.25) is 0 Å². The summed E-state index contributed by atoms with van der Waals surface area (Å²) in [6, 6.07) is 9.65. The lowest BCUT2D eigenvalue weighted by Gasteiger charge is -2.31. The smallest absolute Gasteiger partial charge is 0.282 e. The Labute approximate surface area is 115 Å².